The van der Waals surface area contributed by atoms with Gasteiger partial charge in [0.05, 0.1) is 18.7 Å². The maximum Gasteiger partial charge on any atom is 0.226 e. The van der Waals surface area contributed by atoms with Crippen LogP contribution in [0.3, 0.4) is 0 Å². The molecule has 14 heteroatoms. The van der Waals surface area contributed by atoms with E-state index < -0.39 is 41.5 Å². The summed E-state index contributed by atoms with van der Waals surface area (Å²) < 4.78 is 18.1. The van der Waals surface area contributed by atoms with Crippen molar-refractivity contribution in [2.24, 2.45) is 29.0 Å². The number of fused-ring (bicyclic) bond motifs is 5. The molecule has 1 aliphatic rings. The van der Waals surface area contributed by atoms with Crippen molar-refractivity contribution in [2.45, 2.75) is 104 Å². The van der Waals surface area contributed by atoms with Gasteiger partial charge in [-0.15, -0.1) is 0 Å². The van der Waals surface area contributed by atoms with E-state index in [2.05, 4.69) is 12.2 Å². The smallest absolute Gasteiger partial charge is 0.226 e. The number of Topliss-reactive ketones (excluding diaryl/α,β-unsaturated/α-hetero) is 3. The number of nitrogens with one attached hydrogen (secondary N) is 1. The lowest BCUT2D eigenvalue weighted by atomic mass is 9.88. The Morgan fingerprint density at radius 1 is 0.889 bits per heavy atom. The Hall–Kier alpha value is -5.46. The number of unbranched alkanes of at least 4 members (excludes halogenated alkanes) is 3. The van der Waals surface area contributed by atoms with Crippen molar-refractivity contribution in [3.63, 3.8) is 0 Å². The normalized spacial score (nSPS) is 16.9. The second-order valence-corrected chi connectivity index (χ2v) is 16.3. The molecular formula is C49H66N6O8. The van der Waals surface area contributed by atoms with Gasteiger partial charge in [-0.1, -0.05) is 63.4 Å². The van der Waals surface area contributed by atoms with Gasteiger partial charge < -0.3 is 41.6 Å². The van der Waals surface area contributed by atoms with Crippen LogP contribution in [0.15, 0.2) is 54.6 Å². The number of likely N-dealkylation sites (N-methyl/N-ethyl adjacent to an activating group) is 1. The lowest BCUT2D eigenvalue weighted by Gasteiger charge is -2.32. The molecule has 0 aliphatic carbocycles. The van der Waals surface area contributed by atoms with Gasteiger partial charge in [0, 0.05) is 81.0 Å². The maximum atomic E-state index is 14.7. The summed E-state index contributed by atoms with van der Waals surface area (Å²) in [7, 11) is 1.52. The predicted molar refractivity (Wildman–Crippen MR) is 242 cm³/mol. The number of amides is 2. The highest BCUT2D eigenvalue weighted by atomic mass is 16.5. The van der Waals surface area contributed by atoms with Crippen LogP contribution in [0.5, 0.6) is 11.5 Å². The number of benzene rings is 3. The number of aryl methyl sites for hydroxylation is 1. The number of nitrogens with two attached hydrogens (primary N) is 3. The molecule has 340 valence electrons. The number of carbonyl (C=O) groups excluding carboxylic acids is 5. The fourth-order valence-corrected chi connectivity index (χ4v) is 7.92. The molecule has 3 aromatic rings. The molecule has 0 aromatic heterocycles. The summed E-state index contributed by atoms with van der Waals surface area (Å²) in [4.78, 5) is 71.9. The Kier molecular flexibility index (Phi) is 20.4. The maximum absolute atomic E-state index is 14.7. The number of rotatable bonds is 23. The molecule has 0 spiro atoms. The Morgan fingerprint density at radius 3 is 2.24 bits per heavy atom. The topological polar surface area (TPSA) is 230 Å². The van der Waals surface area contributed by atoms with E-state index in [1.807, 2.05) is 31.2 Å². The van der Waals surface area contributed by atoms with Crippen LogP contribution in [-0.2, 0) is 36.9 Å². The van der Waals surface area contributed by atoms with Crippen LogP contribution in [0.1, 0.15) is 110 Å². The molecule has 3 aromatic carbocycles. The van der Waals surface area contributed by atoms with Crippen molar-refractivity contribution in [1.82, 2.24) is 10.2 Å². The fraction of sp³-hybridized carbons (Fsp3) is 0.510. The second-order valence-electron chi connectivity index (χ2n) is 16.3. The molecule has 14 nitrogen and oxygen atoms in total. The van der Waals surface area contributed by atoms with Gasteiger partial charge in [-0.05, 0) is 79.3 Å². The molecule has 4 rings (SSSR count). The summed E-state index contributed by atoms with van der Waals surface area (Å²) >= 11 is 0. The van der Waals surface area contributed by atoms with Crippen LogP contribution in [0.4, 0.5) is 0 Å². The molecule has 1 heterocycles. The van der Waals surface area contributed by atoms with E-state index in [-0.39, 0.29) is 82.9 Å². The molecule has 7 N–H and O–H groups in total. The van der Waals surface area contributed by atoms with Gasteiger partial charge in [0.25, 0.3) is 0 Å². The van der Waals surface area contributed by atoms with Gasteiger partial charge in [0.1, 0.15) is 30.8 Å². The van der Waals surface area contributed by atoms with E-state index in [1.165, 1.54) is 18.4 Å². The van der Waals surface area contributed by atoms with E-state index in [0.717, 1.165) is 30.4 Å². The molecule has 4 atom stereocenters. The van der Waals surface area contributed by atoms with Crippen molar-refractivity contribution < 1.29 is 38.2 Å². The highest BCUT2D eigenvalue weighted by molar-refractivity contribution is 6.01. The molecule has 0 radical (unpaired) electrons. The zero-order valence-corrected chi connectivity index (χ0v) is 37.4. The molecule has 0 unspecified atom stereocenters. The van der Waals surface area contributed by atoms with Crippen molar-refractivity contribution in [1.29, 1.82) is 5.26 Å². The van der Waals surface area contributed by atoms with E-state index in [4.69, 9.17) is 31.4 Å². The van der Waals surface area contributed by atoms with Gasteiger partial charge in [-0.3, -0.25) is 24.0 Å². The average Bonchev–Trinajstić information content (AvgIpc) is 3.27. The van der Waals surface area contributed by atoms with Crippen molar-refractivity contribution in [2.75, 3.05) is 46.5 Å². The SMILES string of the molecule is CCCCCCOCc1ccc(C(=O)C[C@@H](CCN)C(=O)N(C)[C@@H]2C(=O)C[C@@H](C)C(=O)N[C@H](C(=O)CCC#N)Cc3ccc(OCCN)c(c3)-c3cc2ccc3OCCN)c(C)c1. The third kappa shape index (κ3) is 14.3. The molecule has 2 amide bonds. The lowest BCUT2D eigenvalue weighted by Crippen LogP contribution is -2.46. The largest absolute Gasteiger partial charge is 0.492 e. The molecular weight excluding hydrogens is 801 g/mol. The molecule has 63 heavy (non-hydrogen) atoms. The molecule has 4 bridgehead atoms. The van der Waals surface area contributed by atoms with Crippen LogP contribution >= 0.6 is 0 Å². The number of nitriles is 1. The molecule has 0 fully saturated rings. The quantitative estimate of drug-likeness (QED) is 0.0667. The van der Waals surface area contributed by atoms with Crippen LogP contribution < -0.4 is 32.0 Å². The van der Waals surface area contributed by atoms with Crippen molar-refractivity contribution in [3.05, 3.63) is 82.4 Å². The molecule has 0 saturated heterocycles. The zero-order valence-electron chi connectivity index (χ0n) is 37.4. The number of hydrogen-bond donors (Lipinski definition) is 4. The fourth-order valence-electron chi connectivity index (χ4n) is 7.92. The third-order valence-corrected chi connectivity index (χ3v) is 11.3. The summed E-state index contributed by atoms with van der Waals surface area (Å²) in [6, 6.07) is 15.9. The number of ether oxygens (including phenoxy) is 3. The number of nitrogens with zero attached hydrogens (tertiary/aromatic N) is 2. The van der Waals surface area contributed by atoms with E-state index in [0.29, 0.717) is 52.5 Å². The summed E-state index contributed by atoms with van der Waals surface area (Å²) in [5.41, 5.74) is 22.2. The van der Waals surface area contributed by atoms with E-state index in [9.17, 15) is 29.2 Å². The second kappa shape index (κ2) is 25.6. The van der Waals surface area contributed by atoms with Gasteiger partial charge in [0.2, 0.25) is 11.8 Å². The van der Waals surface area contributed by atoms with E-state index >= 15 is 0 Å². The van der Waals surface area contributed by atoms with Crippen LogP contribution in [0.2, 0.25) is 0 Å². The standard InChI is InChI=1S/C49H66N6O8/c1-5-6-7-8-22-61-31-35-11-14-38(32(2)25-35)43(57)30-37(17-19-51)49(60)55(4)47-36-13-16-46(63-24-21-53)40(29-36)39-27-34(12-15-45(39)62-23-20-52)28-41(42(56)10-9-18-50)54-48(59)33(3)26-44(47)58/h11-16,25,27,29,33,37,41,47H,5-10,17,19-24,26,28,30-31,51-53H2,1-4H3,(H,54,59)/t33-,37-,41+,47+/m1/s1. The highest BCUT2D eigenvalue weighted by Crippen LogP contribution is 2.41. The summed E-state index contributed by atoms with van der Waals surface area (Å²) in [6.45, 7) is 7.66. The lowest BCUT2D eigenvalue weighted by molar-refractivity contribution is -0.142. The molecule has 0 saturated carbocycles. The van der Waals surface area contributed by atoms with Gasteiger partial charge in [0.15, 0.2) is 17.3 Å². The first kappa shape index (κ1) is 50.2. The van der Waals surface area contributed by atoms with Crippen LogP contribution in [-0.4, -0.2) is 86.6 Å². The third-order valence-electron chi connectivity index (χ3n) is 11.3. The van der Waals surface area contributed by atoms with Gasteiger partial charge in [-0.2, -0.15) is 5.26 Å². The Bertz CT molecular complexity index is 2080. The molecule has 1 aliphatic heterocycles. The summed E-state index contributed by atoms with van der Waals surface area (Å²) in [6.07, 6.45) is 4.24. The van der Waals surface area contributed by atoms with Crippen LogP contribution in [0.25, 0.3) is 11.1 Å². The van der Waals surface area contributed by atoms with Gasteiger partial charge >= 0.3 is 0 Å². The Labute approximate surface area is 372 Å². The number of ketones is 3. The highest BCUT2D eigenvalue weighted by Gasteiger charge is 2.36. The predicted octanol–water partition coefficient (Wildman–Crippen LogP) is 5.68. The summed E-state index contributed by atoms with van der Waals surface area (Å²) in [5.74, 6) is -2.86. The zero-order chi connectivity index (χ0) is 45.9. The first-order valence-corrected chi connectivity index (χ1v) is 22.2. The first-order valence-electron chi connectivity index (χ1n) is 22.2. The average molecular weight is 867 g/mol. The van der Waals surface area contributed by atoms with Crippen molar-refractivity contribution in [3.8, 4) is 28.7 Å². The minimum atomic E-state index is -1.21. The van der Waals surface area contributed by atoms with Crippen molar-refractivity contribution >= 4 is 29.2 Å². The van der Waals surface area contributed by atoms with E-state index in [1.54, 1.807) is 43.3 Å². The number of carbonyl (C=O) groups is 5. The first-order chi connectivity index (χ1) is 30.4. The van der Waals surface area contributed by atoms with Gasteiger partial charge in [-0.25, -0.2) is 0 Å². The monoisotopic (exact) mass is 866 g/mol. The Balaban J connectivity index is 1.76. The minimum Gasteiger partial charge on any atom is -0.492 e. The summed E-state index contributed by atoms with van der Waals surface area (Å²) in [5, 5.41) is 12.1. The number of hydrogen-bond acceptors (Lipinski definition) is 12. The minimum absolute atomic E-state index is 0.0234. The van der Waals surface area contributed by atoms with Crippen LogP contribution in [0, 0.1) is 30.1 Å². The Morgan fingerprint density at radius 2 is 1.59 bits per heavy atom.